The lowest BCUT2D eigenvalue weighted by atomic mass is 9.94. The van der Waals surface area contributed by atoms with Crippen LogP contribution in [0, 0.1) is 0 Å². The van der Waals surface area contributed by atoms with E-state index in [0.717, 1.165) is 0 Å². The minimum Gasteiger partial charge on any atom is -0.507 e. The van der Waals surface area contributed by atoms with Gasteiger partial charge in [-0.05, 0) is 17.7 Å². The first kappa shape index (κ1) is 20.5. The van der Waals surface area contributed by atoms with E-state index in [9.17, 15) is 35.7 Å². The SMILES string of the molecule is OCC1OC(Oc2cc(O)c3c(c2)OC(c2ccc(O)c(O)c2)C(O)C3)C(O)C1O. The molecule has 6 atom stereocenters. The van der Waals surface area contributed by atoms with Gasteiger partial charge in [-0.25, -0.2) is 0 Å². The van der Waals surface area contributed by atoms with Crippen LogP contribution >= 0.6 is 0 Å². The quantitative estimate of drug-likeness (QED) is 0.324. The number of benzene rings is 2. The van der Waals surface area contributed by atoms with Crippen LogP contribution in [0.25, 0.3) is 0 Å². The molecule has 2 aliphatic heterocycles. The van der Waals surface area contributed by atoms with Crippen LogP contribution in [0.5, 0.6) is 28.7 Å². The van der Waals surface area contributed by atoms with E-state index < -0.39 is 43.4 Å². The van der Waals surface area contributed by atoms with Crippen LogP contribution < -0.4 is 9.47 Å². The number of fused-ring (bicyclic) bond motifs is 1. The molecule has 2 aromatic carbocycles. The van der Waals surface area contributed by atoms with Crippen LogP contribution in [-0.2, 0) is 11.2 Å². The summed E-state index contributed by atoms with van der Waals surface area (Å²) in [7, 11) is 0. The average Bonchev–Trinajstić information content (AvgIpc) is 2.98. The summed E-state index contributed by atoms with van der Waals surface area (Å²) >= 11 is 0. The van der Waals surface area contributed by atoms with Gasteiger partial charge in [-0.2, -0.15) is 0 Å². The highest BCUT2D eigenvalue weighted by molar-refractivity contribution is 5.52. The number of rotatable bonds is 4. The van der Waals surface area contributed by atoms with E-state index in [-0.39, 0.29) is 35.2 Å². The zero-order valence-corrected chi connectivity index (χ0v) is 15.6. The molecule has 0 aromatic heterocycles. The van der Waals surface area contributed by atoms with Gasteiger partial charge in [-0.3, -0.25) is 0 Å². The molecule has 0 saturated carbocycles. The lowest BCUT2D eigenvalue weighted by Gasteiger charge is -2.32. The molecule has 2 heterocycles. The van der Waals surface area contributed by atoms with Crippen molar-refractivity contribution in [3.63, 3.8) is 0 Å². The Morgan fingerprint density at radius 2 is 1.70 bits per heavy atom. The third-order valence-electron chi connectivity index (χ3n) is 5.25. The van der Waals surface area contributed by atoms with E-state index in [1.54, 1.807) is 0 Å². The minimum atomic E-state index is -1.41. The topological polar surface area (TPSA) is 169 Å². The summed E-state index contributed by atoms with van der Waals surface area (Å²) in [6, 6.07) is 6.73. The van der Waals surface area contributed by atoms with E-state index in [0.29, 0.717) is 11.1 Å². The highest BCUT2D eigenvalue weighted by Crippen LogP contribution is 2.43. The number of hydrogen-bond acceptors (Lipinski definition) is 10. The van der Waals surface area contributed by atoms with E-state index in [1.807, 2.05) is 0 Å². The summed E-state index contributed by atoms with van der Waals surface area (Å²) in [5, 5.41) is 69.0. The van der Waals surface area contributed by atoms with Crippen molar-refractivity contribution in [2.24, 2.45) is 0 Å². The maximum Gasteiger partial charge on any atom is 0.229 e. The van der Waals surface area contributed by atoms with Crippen molar-refractivity contribution in [1.82, 2.24) is 0 Å². The summed E-state index contributed by atoms with van der Waals surface area (Å²) in [5.74, 6) is -0.598. The van der Waals surface area contributed by atoms with E-state index in [4.69, 9.17) is 14.2 Å². The van der Waals surface area contributed by atoms with Gasteiger partial charge >= 0.3 is 0 Å². The average molecular weight is 422 g/mol. The Kier molecular flexibility index (Phi) is 5.35. The molecule has 1 fully saturated rings. The summed E-state index contributed by atoms with van der Waals surface area (Å²) in [5.41, 5.74) is 0.757. The number of aromatic hydroxyl groups is 3. The Morgan fingerprint density at radius 1 is 0.933 bits per heavy atom. The van der Waals surface area contributed by atoms with Crippen molar-refractivity contribution in [3.8, 4) is 28.7 Å². The fraction of sp³-hybridized carbons (Fsp3) is 0.400. The summed E-state index contributed by atoms with van der Waals surface area (Å²) < 4.78 is 16.6. The van der Waals surface area contributed by atoms with Gasteiger partial charge in [0.15, 0.2) is 11.5 Å². The lowest BCUT2D eigenvalue weighted by molar-refractivity contribution is -0.116. The van der Waals surface area contributed by atoms with Gasteiger partial charge in [-0.15, -0.1) is 0 Å². The van der Waals surface area contributed by atoms with Crippen molar-refractivity contribution in [2.45, 2.75) is 43.2 Å². The molecule has 0 spiro atoms. The van der Waals surface area contributed by atoms with E-state index in [1.165, 1.54) is 30.3 Å². The molecular weight excluding hydrogens is 400 g/mol. The normalized spacial score (nSPS) is 30.5. The largest absolute Gasteiger partial charge is 0.507 e. The third kappa shape index (κ3) is 3.59. The van der Waals surface area contributed by atoms with Crippen LogP contribution in [0.4, 0.5) is 0 Å². The van der Waals surface area contributed by atoms with Crippen LogP contribution in [-0.4, -0.2) is 73.1 Å². The van der Waals surface area contributed by atoms with Gasteiger partial charge in [0.1, 0.15) is 41.7 Å². The second-order valence-corrected chi connectivity index (χ2v) is 7.30. The van der Waals surface area contributed by atoms with Gasteiger partial charge in [0, 0.05) is 24.1 Å². The standard InChI is InChI=1S/C20H22O10/c21-7-16-17(26)18(27)20(30-16)28-9-4-12(23)10-6-14(25)19(29-15(10)5-9)8-1-2-11(22)13(24)3-8/h1-5,14,16-27H,6-7H2. The highest BCUT2D eigenvalue weighted by atomic mass is 16.7. The Morgan fingerprint density at radius 3 is 2.37 bits per heavy atom. The van der Waals surface area contributed by atoms with Crippen LogP contribution in [0.15, 0.2) is 30.3 Å². The van der Waals surface area contributed by atoms with E-state index >= 15 is 0 Å². The predicted octanol–water partition coefficient (Wildman–Crippen LogP) is -0.342. The maximum atomic E-state index is 10.5. The summed E-state index contributed by atoms with van der Waals surface area (Å²) in [6.07, 6.45) is -6.86. The second kappa shape index (κ2) is 7.82. The van der Waals surface area contributed by atoms with Crippen LogP contribution in [0.1, 0.15) is 17.2 Å². The molecule has 6 unspecified atom stereocenters. The molecule has 10 nitrogen and oxygen atoms in total. The Labute approximate surface area is 170 Å². The Bertz CT molecular complexity index is 932. The first-order valence-electron chi connectivity index (χ1n) is 9.30. The molecule has 0 aliphatic carbocycles. The molecular formula is C20H22O10. The Hall–Kier alpha value is -2.76. The molecule has 162 valence electrons. The van der Waals surface area contributed by atoms with Gasteiger partial charge in [-0.1, -0.05) is 6.07 Å². The number of phenols is 3. The number of hydrogen-bond donors (Lipinski definition) is 7. The minimum absolute atomic E-state index is 0.0571. The summed E-state index contributed by atoms with van der Waals surface area (Å²) in [4.78, 5) is 0. The number of aliphatic hydroxyl groups is 4. The van der Waals surface area contributed by atoms with Crippen molar-refractivity contribution in [3.05, 3.63) is 41.5 Å². The zero-order valence-electron chi connectivity index (χ0n) is 15.6. The number of phenolic OH excluding ortho intramolecular Hbond substituents is 3. The smallest absolute Gasteiger partial charge is 0.229 e. The molecule has 10 heteroatoms. The van der Waals surface area contributed by atoms with Gasteiger partial charge in [0.25, 0.3) is 0 Å². The molecule has 0 bridgehead atoms. The molecule has 30 heavy (non-hydrogen) atoms. The van der Waals surface area contributed by atoms with Crippen molar-refractivity contribution in [1.29, 1.82) is 0 Å². The van der Waals surface area contributed by atoms with Gasteiger partial charge in [0.05, 0.1) is 12.7 Å². The molecule has 0 radical (unpaired) electrons. The monoisotopic (exact) mass is 422 g/mol. The van der Waals surface area contributed by atoms with Crippen molar-refractivity contribution >= 4 is 0 Å². The maximum absolute atomic E-state index is 10.5. The van der Waals surface area contributed by atoms with Crippen molar-refractivity contribution < 1.29 is 50.0 Å². The second-order valence-electron chi connectivity index (χ2n) is 7.30. The molecule has 0 amide bonds. The van der Waals surface area contributed by atoms with Crippen molar-refractivity contribution in [2.75, 3.05) is 6.61 Å². The van der Waals surface area contributed by atoms with Crippen LogP contribution in [0.2, 0.25) is 0 Å². The summed E-state index contributed by atoms with van der Waals surface area (Å²) in [6.45, 7) is -0.504. The molecule has 7 N–H and O–H groups in total. The van der Waals surface area contributed by atoms with Gasteiger partial charge in [0.2, 0.25) is 6.29 Å². The number of aliphatic hydroxyl groups excluding tert-OH is 4. The molecule has 1 saturated heterocycles. The molecule has 4 rings (SSSR count). The predicted molar refractivity (Wildman–Crippen MR) is 99.3 cm³/mol. The van der Waals surface area contributed by atoms with E-state index in [2.05, 4.69) is 0 Å². The first-order valence-corrected chi connectivity index (χ1v) is 9.30. The third-order valence-corrected chi connectivity index (χ3v) is 5.25. The van der Waals surface area contributed by atoms with Gasteiger partial charge < -0.3 is 50.0 Å². The highest BCUT2D eigenvalue weighted by Gasteiger charge is 2.44. The molecule has 2 aromatic rings. The fourth-order valence-corrected chi connectivity index (χ4v) is 3.62. The van der Waals surface area contributed by atoms with Crippen LogP contribution in [0.3, 0.4) is 0 Å². The molecule has 2 aliphatic rings. The number of ether oxygens (including phenoxy) is 3. The fourth-order valence-electron chi connectivity index (χ4n) is 3.62. The Balaban J connectivity index is 1.59. The first-order chi connectivity index (χ1) is 14.3. The lowest BCUT2D eigenvalue weighted by Crippen LogP contribution is -2.35. The zero-order chi connectivity index (χ0) is 21.6.